The number of aromatic nitrogens is 4. The van der Waals surface area contributed by atoms with E-state index < -0.39 is 6.67 Å². The summed E-state index contributed by atoms with van der Waals surface area (Å²) in [6.45, 7) is 6.83. The van der Waals surface area contributed by atoms with Gasteiger partial charge in [-0.3, -0.25) is 9.36 Å². The maximum atomic E-state index is 12.3. The Morgan fingerprint density at radius 1 is 1.43 bits per heavy atom. The maximum absolute atomic E-state index is 12.3. The fraction of sp³-hybridized carbons (Fsp3) is 0.571. The van der Waals surface area contributed by atoms with Gasteiger partial charge in [0.15, 0.2) is 5.82 Å². The molecule has 2 rings (SSSR count). The van der Waals surface area contributed by atoms with E-state index in [1.54, 1.807) is 4.68 Å². The number of aryl methyl sites for hydroxylation is 2. The molecule has 1 unspecified atom stereocenters. The van der Waals surface area contributed by atoms with Crippen LogP contribution in [0.1, 0.15) is 37.6 Å². The van der Waals surface area contributed by atoms with Gasteiger partial charge in [0.1, 0.15) is 6.67 Å². The molecule has 0 fully saturated rings. The van der Waals surface area contributed by atoms with E-state index in [2.05, 4.69) is 29.4 Å². The number of nitrogens with one attached hydrogen (secondary N) is 1. The van der Waals surface area contributed by atoms with Gasteiger partial charge in [0.25, 0.3) is 0 Å². The first kappa shape index (κ1) is 17.5. The molecule has 0 bridgehead atoms. The third kappa shape index (κ3) is 4.20. The molecule has 0 spiro atoms. The topological polar surface area (TPSA) is 47.7 Å². The molecular formula is C14H23ClFN5. The molecule has 0 aromatic carbocycles. The van der Waals surface area contributed by atoms with Crippen LogP contribution < -0.4 is 5.32 Å². The molecule has 0 aliphatic carbocycles. The second-order valence-corrected chi connectivity index (χ2v) is 4.99. The summed E-state index contributed by atoms with van der Waals surface area (Å²) >= 11 is 0. The molecule has 0 saturated heterocycles. The van der Waals surface area contributed by atoms with E-state index in [4.69, 9.17) is 0 Å². The highest BCUT2D eigenvalue weighted by molar-refractivity contribution is 5.85. The summed E-state index contributed by atoms with van der Waals surface area (Å²) in [7, 11) is 0. The van der Waals surface area contributed by atoms with E-state index >= 15 is 0 Å². The van der Waals surface area contributed by atoms with Crippen LogP contribution in [-0.4, -0.2) is 26.2 Å². The van der Waals surface area contributed by atoms with Crippen molar-refractivity contribution < 1.29 is 4.39 Å². The predicted octanol–water partition coefficient (Wildman–Crippen LogP) is 3.36. The van der Waals surface area contributed by atoms with Crippen LogP contribution in [0.4, 0.5) is 10.2 Å². The zero-order valence-electron chi connectivity index (χ0n) is 12.7. The van der Waals surface area contributed by atoms with Gasteiger partial charge >= 0.3 is 0 Å². The van der Waals surface area contributed by atoms with Crippen molar-refractivity contribution in [1.82, 2.24) is 19.6 Å². The lowest BCUT2D eigenvalue weighted by molar-refractivity contribution is 0.427. The first-order valence-corrected chi connectivity index (χ1v) is 7.02. The van der Waals surface area contributed by atoms with Gasteiger partial charge in [-0.1, -0.05) is 6.92 Å². The van der Waals surface area contributed by atoms with E-state index in [-0.39, 0.29) is 12.4 Å². The Bertz CT molecular complexity index is 551. The highest BCUT2D eigenvalue weighted by Gasteiger charge is 2.10. The Balaban J connectivity index is 0.00000220. The summed E-state index contributed by atoms with van der Waals surface area (Å²) in [6, 6.07) is 2.39. The van der Waals surface area contributed by atoms with E-state index in [9.17, 15) is 4.39 Å². The van der Waals surface area contributed by atoms with Crippen LogP contribution in [0.2, 0.25) is 0 Å². The van der Waals surface area contributed by atoms with Crippen molar-refractivity contribution in [2.75, 3.05) is 12.0 Å². The maximum Gasteiger partial charge on any atom is 0.151 e. The van der Waals surface area contributed by atoms with Gasteiger partial charge in [0.2, 0.25) is 0 Å². The number of rotatable bonds is 7. The quantitative estimate of drug-likeness (QED) is 0.852. The van der Waals surface area contributed by atoms with Gasteiger partial charge in [0.05, 0.1) is 18.8 Å². The molecule has 0 saturated carbocycles. The van der Waals surface area contributed by atoms with Crippen molar-refractivity contribution in [2.45, 2.75) is 46.3 Å². The van der Waals surface area contributed by atoms with Crippen LogP contribution in [0.15, 0.2) is 18.5 Å². The average Bonchev–Trinajstić information content (AvgIpc) is 3.03. The van der Waals surface area contributed by atoms with Gasteiger partial charge in [0, 0.05) is 24.0 Å². The van der Waals surface area contributed by atoms with Crippen molar-refractivity contribution in [1.29, 1.82) is 0 Å². The summed E-state index contributed by atoms with van der Waals surface area (Å²) in [5, 5.41) is 12.0. The minimum atomic E-state index is -0.401. The highest BCUT2D eigenvalue weighted by Crippen LogP contribution is 2.16. The van der Waals surface area contributed by atoms with Gasteiger partial charge in [-0.2, -0.15) is 10.2 Å². The molecule has 7 heteroatoms. The van der Waals surface area contributed by atoms with Crippen LogP contribution in [0, 0.1) is 6.92 Å². The number of halogens is 2. The smallest absolute Gasteiger partial charge is 0.151 e. The molecule has 2 heterocycles. The monoisotopic (exact) mass is 315 g/mol. The van der Waals surface area contributed by atoms with Crippen molar-refractivity contribution in [3.63, 3.8) is 0 Å². The Labute approximate surface area is 130 Å². The summed E-state index contributed by atoms with van der Waals surface area (Å²) in [6.07, 6.45) is 4.71. The van der Waals surface area contributed by atoms with E-state index in [1.807, 2.05) is 30.1 Å². The summed E-state index contributed by atoms with van der Waals surface area (Å²) in [5.74, 6) is 0.801. The van der Waals surface area contributed by atoms with Crippen molar-refractivity contribution >= 4 is 18.2 Å². The van der Waals surface area contributed by atoms with Crippen molar-refractivity contribution in [3.05, 3.63) is 29.7 Å². The summed E-state index contributed by atoms with van der Waals surface area (Å²) in [4.78, 5) is 0. The minimum absolute atomic E-state index is 0. The molecule has 0 amide bonds. The number of hydrogen-bond donors (Lipinski definition) is 1. The third-order valence-electron chi connectivity index (χ3n) is 3.46. The number of hydrogen-bond acceptors (Lipinski definition) is 3. The molecule has 5 nitrogen and oxygen atoms in total. The highest BCUT2D eigenvalue weighted by atomic mass is 35.5. The second-order valence-electron chi connectivity index (χ2n) is 4.99. The third-order valence-corrected chi connectivity index (χ3v) is 3.46. The molecular weight excluding hydrogens is 293 g/mol. The zero-order chi connectivity index (χ0) is 14.5. The molecule has 118 valence electrons. The first-order valence-electron chi connectivity index (χ1n) is 7.02. The van der Waals surface area contributed by atoms with E-state index in [0.29, 0.717) is 19.1 Å². The van der Waals surface area contributed by atoms with Gasteiger partial charge in [-0.05, 0) is 26.3 Å². The lowest BCUT2D eigenvalue weighted by atomic mass is 10.2. The molecule has 0 aliphatic rings. The van der Waals surface area contributed by atoms with Crippen LogP contribution >= 0.6 is 12.4 Å². The van der Waals surface area contributed by atoms with Crippen LogP contribution in [0.25, 0.3) is 0 Å². The fourth-order valence-corrected chi connectivity index (χ4v) is 2.12. The van der Waals surface area contributed by atoms with E-state index in [1.165, 1.54) is 0 Å². The molecule has 2 aromatic heterocycles. The molecule has 1 N–H and O–H groups in total. The lowest BCUT2D eigenvalue weighted by Gasteiger charge is -2.14. The molecule has 1 atom stereocenters. The predicted molar refractivity (Wildman–Crippen MR) is 84.7 cm³/mol. The molecule has 2 aromatic rings. The Hall–Kier alpha value is -1.56. The standard InChI is InChI=1S/C14H22FN5.ClH/c1-4-12(3)20-13(5-7-17-20)9-16-14-11(2)10-19(18-14)8-6-15;/h5,7,10,12H,4,6,8-9H2,1-3H3,(H,16,18);1H. The molecule has 0 radical (unpaired) electrons. The first-order chi connectivity index (χ1) is 9.65. The second kappa shape index (κ2) is 8.02. The Morgan fingerprint density at radius 2 is 2.19 bits per heavy atom. The van der Waals surface area contributed by atoms with Crippen LogP contribution in [0.5, 0.6) is 0 Å². The van der Waals surface area contributed by atoms with Gasteiger partial charge in [-0.25, -0.2) is 4.39 Å². The average molecular weight is 316 g/mol. The fourth-order valence-electron chi connectivity index (χ4n) is 2.12. The van der Waals surface area contributed by atoms with Gasteiger partial charge in [-0.15, -0.1) is 12.4 Å². The lowest BCUT2D eigenvalue weighted by Crippen LogP contribution is -2.13. The number of nitrogens with zero attached hydrogens (tertiary/aromatic N) is 4. The number of anilines is 1. The molecule has 21 heavy (non-hydrogen) atoms. The largest absolute Gasteiger partial charge is 0.363 e. The van der Waals surface area contributed by atoms with Crippen molar-refractivity contribution in [2.24, 2.45) is 0 Å². The Kier molecular flexibility index (Phi) is 6.68. The number of alkyl halides is 1. The minimum Gasteiger partial charge on any atom is -0.363 e. The van der Waals surface area contributed by atoms with Crippen LogP contribution in [0.3, 0.4) is 0 Å². The van der Waals surface area contributed by atoms with Gasteiger partial charge < -0.3 is 5.32 Å². The van der Waals surface area contributed by atoms with Crippen molar-refractivity contribution in [3.8, 4) is 0 Å². The van der Waals surface area contributed by atoms with Crippen LogP contribution in [-0.2, 0) is 13.1 Å². The molecule has 0 aliphatic heterocycles. The SMILES string of the molecule is CCC(C)n1nccc1CNc1nn(CCF)cc1C.Cl. The Morgan fingerprint density at radius 3 is 2.86 bits per heavy atom. The summed E-state index contributed by atoms with van der Waals surface area (Å²) < 4.78 is 16.0. The summed E-state index contributed by atoms with van der Waals surface area (Å²) in [5.41, 5.74) is 2.15. The normalized spacial score (nSPS) is 12.0. The zero-order valence-corrected chi connectivity index (χ0v) is 13.5. The van der Waals surface area contributed by atoms with E-state index in [0.717, 1.165) is 23.5 Å².